The van der Waals surface area contributed by atoms with Crippen LogP contribution in [0.1, 0.15) is 29.8 Å². The van der Waals surface area contributed by atoms with Crippen LogP contribution in [0.2, 0.25) is 0 Å². The first-order valence-corrected chi connectivity index (χ1v) is 7.97. The van der Waals surface area contributed by atoms with E-state index in [2.05, 4.69) is 5.32 Å². The third-order valence-electron chi connectivity index (χ3n) is 3.47. The Kier molecular flexibility index (Phi) is 8.08. The number of halogens is 1. The van der Waals surface area contributed by atoms with Gasteiger partial charge in [0.15, 0.2) is 11.5 Å². The van der Waals surface area contributed by atoms with E-state index in [-0.39, 0.29) is 24.4 Å². The van der Waals surface area contributed by atoms with Crippen LogP contribution in [0.25, 0.3) is 0 Å². The summed E-state index contributed by atoms with van der Waals surface area (Å²) < 4.78 is 11.0. The van der Waals surface area contributed by atoms with Crippen molar-refractivity contribution in [2.24, 2.45) is 0 Å². The summed E-state index contributed by atoms with van der Waals surface area (Å²) in [5.74, 6) is 1.04. The minimum absolute atomic E-state index is 0. The molecule has 0 aromatic heterocycles. The first-order valence-electron chi connectivity index (χ1n) is 7.97. The maximum Gasteiger partial charge on any atom is 0.251 e. The van der Waals surface area contributed by atoms with Gasteiger partial charge < -0.3 is 20.5 Å². The first kappa shape index (κ1) is 20.6. The molecule has 0 radical (unpaired) electrons. The van der Waals surface area contributed by atoms with Crippen molar-refractivity contribution in [1.82, 2.24) is 5.32 Å². The third kappa shape index (κ3) is 6.19. The van der Waals surface area contributed by atoms with E-state index >= 15 is 0 Å². The molecule has 6 heteroatoms. The minimum atomic E-state index is -0.139. The molecular weight excluding hydrogens is 340 g/mol. The van der Waals surface area contributed by atoms with Gasteiger partial charge in [0.05, 0.1) is 13.2 Å². The number of amides is 1. The Morgan fingerprint density at radius 1 is 1.12 bits per heavy atom. The molecule has 0 aliphatic rings. The van der Waals surface area contributed by atoms with Gasteiger partial charge in [0.1, 0.15) is 0 Å². The lowest BCUT2D eigenvalue weighted by atomic mass is 10.1. The molecule has 0 spiro atoms. The van der Waals surface area contributed by atoms with Gasteiger partial charge >= 0.3 is 0 Å². The highest BCUT2D eigenvalue weighted by atomic mass is 35.5. The SMILES string of the molecule is COc1cc(C(=O)NCCc2ccc(N)cc2)ccc1OC(C)C.Cl. The van der Waals surface area contributed by atoms with Crippen LogP contribution in [0.5, 0.6) is 11.5 Å². The summed E-state index contributed by atoms with van der Waals surface area (Å²) in [6.45, 7) is 4.43. The number of nitrogen functional groups attached to an aromatic ring is 1. The summed E-state index contributed by atoms with van der Waals surface area (Å²) in [6, 6.07) is 12.8. The first-order chi connectivity index (χ1) is 11.5. The molecule has 3 N–H and O–H groups in total. The number of benzene rings is 2. The molecule has 0 atom stereocenters. The van der Waals surface area contributed by atoms with Gasteiger partial charge in [-0.3, -0.25) is 4.79 Å². The number of nitrogens with two attached hydrogens (primary N) is 1. The van der Waals surface area contributed by atoms with E-state index in [4.69, 9.17) is 15.2 Å². The fourth-order valence-corrected chi connectivity index (χ4v) is 2.27. The Bertz CT molecular complexity index is 688. The zero-order valence-corrected chi connectivity index (χ0v) is 15.6. The quantitative estimate of drug-likeness (QED) is 0.738. The lowest BCUT2D eigenvalue weighted by molar-refractivity contribution is 0.0953. The second kappa shape index (κ2) is 9.79. The van der Waals surface area contributed by atoms with E-state index in [1.54, 1.807) is 25.3 Å². The largest absolute Gasteiger partial charge is 0.493 e. The smallest absolute Gasteiger partial charge is 0.251 e. The molecule has 136 valence electrons. The number of carbonyl (C=O) groups is 1. The van der Waals surface area contributed by atoms with Crippen molar-refractivity contribution in [3.63, 3.8) is 0 Å². The molecule has 0 aliphatic heterocycles. The molecule has 2 aromatic rings. The maximum atomic E-state index is 12.3. The fourth-order valence-electron chi connectivity index (χ4n) is 2.27. The van der Waals surface area contributed by atoms with Crippen molar-refractivity contribution < 1.29 is 14.3 Å². The molecule has 2 rings (SSSR count). The number of ether oxygens (including phenoxy) is 2. The van der Waals surface area contributed by atoms with Crippen LogP contribution < -0.4 is 20.5 Å². The van der Waals surface area contributed by atoms with Crippen molar-refractivity contribution in [3.8, 4) is 11.5 Å². The topological polar surface area (TPSA) is 73.6 Å². The fraction of sp³-hybridized carbons (Fsp3) is 0.316. The van der Waals surface area contributed by atoms with Gasteiger partial charge in [0.2, 0.25) is 0 Å². The molecule has 0 fully saturated rings. The molecule has 5 nitrogen and oxygen atoms in total. The molecule has 1 amide bonds. The second-order valence-electron chi connectivity index (χ2n) is 5.78. The van der Waals surface area contributed by atoms with Crippen molar-refractivity contribution in [2.75, 3.05) is 19.4 Å². The highest BCUT2D eigenvalue weighted by Gasteiger charge is 2.11. The standard InChI is InChI=1S/C19H24N2O3.ClH/c1-13(2)24-17-9-6-15(12-18(17)23-3)19(22)21-11-10-14-4-7-16(20)8-5-14;/h4-9,12-13H,10-11,20H2,1-3H3,(H,21,22);1H. The third-order valence-corrected chi connectivity index (χ3v) is 3.47. The van der Waals surface area contributed by atoms with Gasteiger partial charge in [-0.1, -0.05) is 12.1 Å². The Morgan fingerprint density at radius 2 is 1.80 bits per heavy atom. The van der Waals surface area contributed by atoms with Crippen LogP contribution in [0.15, 0.2) is 42.5 Å². The average molecular weight is 365 g/mol. The summed E-state index contributed by atoms with van der Waals surface area (Å²) in [5.41, 5.74) is 8.06. The van der Waals surface area contributed by atoms with Gasteiger partial charge in [0.25, 0.3) is 5.91 Å². The Hall–Kier alpha value is -2.40. The summed E-state index contributed by atoms with van der Waals surface area (Å²) >= 11 is 0. The number of rotatable bonds is 7. The zero-order chi connectivity index (χ0) is 17.5. The van der Waals surface area contributed by atoms with Gasteiger partial charge in [-0.2, -0.15) is 0 Å². The second-order valence-corrected chi connectivity index (χ2v) is 5.78. The highest BCUT2D eigenvalue weighted by Crippen LogP contribution is 2.28. The Morgan fingerprint density at radius 3 is 2.40 bits per heavy atom. The normalized spacial score (nSPS) is 10.1. The lowest BCUT2D eigenvalue weighted by Crippen LogP contribution is -2.25. The number of nitrogens with one attached hydrogen (secondary N) is 1. The Balaban J connectivity index is 0.00000312. The maximum absolute atomic E-state index is 12.3. The number of methoxy groups -OCH3 is 1. The van der Waals surface area contributed by atoms with E-state index in [1.807, 2.05) is 38.1 Å². The minimum Gasteiger partial charge on any atom is -0.493 e. The van der Waals surface area contributed by atoms with Gasteiger partial charge in [-0.25, -0.2) is 0 Å². The predicted octanol–water partition coefficient (Wildman–Crippen LogP) is 3.46. The molecule has 0 saturated carbocycles. The summed E-state index contributed by atoms with van der Waals surface area (Å²) in [5, 5.41) is 2.91. The van der Waals surface area contributed by atoms with Crippen LogP contribution in [0, 0.1) is 0 Å². The van der Waals surface area contributed by atoms with Crippen molar-refractivity contribution >= 4 is 24.0 Å². The average Bonchev–Trinajstić information content (AvgIpc) is 2.56. The highest BCUT2D eigenvalue weighted by molar-refractivity contribution is 5.94. The molecule has 0 bridgehead atoms. The van der Waals surface area contributed by atoms with E-state index < -0.39 is 0 Å². The van der Waals surface area contributed by atoms with E-state index in [1.165, 1.54) is 0 Å². The zero-order valence-electron chi connectivity index (χ0n) is 14.7. The summed E-state index contributed by atoms with van der Waals surface area (Å²) in [6.07, 6.45) is 0.788. The summed E-state index contributed by atoms with van der Waals surface area (Å²) in [7, 11) is 1.56. The number of hydrogen-bond acceptors (Lipinski definition) is 4. The van der Waals surface area contributed by atoms with Crippen molar-refractivity contribution in [1.29, 1.82) is 0 Å². The molecule has 0 heterocycles. The van der Waals surface area contributed by atoms with E-state index in [0.717, 1.165) is 17.7 Å². The monoisotopic (exact) mass is 364 g/mol. The number of anilines is 1. The lowest BCUT2D eigenvalue weighted by Gasteiger charge is -2.14. The van der Waals surface area contributed by atoms with Crippen LogP contribution in [-0.4, -0.2) is 25.7 Å². The number of hydrogen-bond donors (Lipinski definition) is 2. The number of carbonyl (C=O) groups excluding carboxylic acids is 1. The molecule has 2 aromatic carbocycles. The molecule has 0 unspecified atom stereocenters. The molecular formula is C19H25ClN2O3. The van der Waals surface area contributed by atoms with Gasteiger partial charge in [0, 0.05) is 17.8 Å². The van der Waals surface area contributed by atoms with Gasteiger partial charge in [-0.05, 0) is 56.2 Å². The van der Waals surface area contributed by atoms with Crippen LogP contribution in [0.3, 0.4) is 0 Å². The van der Waals surface area contributed by atoms with Crippen molar-refractivity contribution in [2.45, 2.75) is 26.4 Å². The molecule has 0 saturated heterocycles. The Labute approximate surface area is 154 Å². The van der Waals surface area contributed by atoms with Crippen molar-refractivity contribution in [3.05, 3.63) is 53.6 Å². The molecule has 25 heavy (non-hydrogen) atoms. The van der Waals surface area contributed by atoms with E-state index in [9.17, 15) is 4.79 Å². The summed E-state index contributed by atoms with van der Waals surface area (Å²) in [4.78, 5) is 12.3. The van der Waals surface area contributed by atoms with E-state index in [0.29, 0.717) is 23.6 Å². The van der Waals surface area contributed by atoms with Gasteiger partial charge in [-0.15, -0.1) is 12.4 Å². The molecule has 0 aliphatic carbocycles. The van der Waals surface area contributed by atoms with Crippen LogP contribution in [-0.2, 0) is 6.42 Å². The van der Waals surface area contributed by atoms with Crippen LogP contribution in [0.4, 0.5) is 5.69 Å². The van der Waals surface area contributed by atoms with Crippen LogP contribution >= 0.6 is 12.4 Å². The predicted molar refractivity (Wildman–Crippen MR) is 103 cm³/mol.